The lowest BCUT2D eigenvalue weighted by molar-refractivity contribution is -0.114. The smallest absolute Gasteiger partial charge is 0.267 e. The van der Waals surface area contributed by atoms with E-state index in [9.17, 15) is 14.9 Å². The van der Waals surface area contributed by atoms with E-state index in [0.29, 0.717) is 28.5 Å². The Hall–Kier alpha value is -3.40. The standard InChI is InChI=1S/C24H15BrClN3O2/c25-16-6-11-21-19(12-16)22(24(31)29(21)14-15-4-2-1-3-5-15)20(13-27)23(30)28-18-9-7-17(26)8-10-18/h1-12H,14H2,(H,28,30)/b22-20-. The first kappa shape index (κ1) is 20.9. The molecule has 4 rings (SSSR count). The SMILES string of the molecule is N#C/C(C(=O)Nc1ccc(Cl)cc1)=C1/C(=O)N(Cc2ccccc2)c2ccc(Br)cc21. The molecule has 1 N–H and O–H groups in total. The Bertz CT molecular complexity index is 1250. The van der Waals surface area contributed by atoms with Gasteiger partial charge in [-0.05, 0) is 48.0 Å². The number of carbonyl (C=O) groups excluding carboxylic acids is 2. The minimum atomic E-state index is -0.652. The number of amides is 2. The molecule has 0 fully saturated rings. The van der Waals surface area contributed by atoms with Crippen molar-refractivity contribution in [1.29, 1.82) is 5.26 Å². The van der Waals surface area contributed by atoms with Crippen LogP contribution in [0.25, 0.3) is 5.57 Å². The predicted molar refractivity (Wildman–Crippen MR) is 124 cm³/mol. The summed E-state index contributed by atoms with van der Waals surface area (Å²) in [6.07, 6.45) is 0. The van der Waals surface area contributed by atoms with Crippen LogP contribution in [0.4, 0.5) is 11.4 Å². The van der Waals surface area contributed by atoms with E-state index in [4.69, 9.17) is 11.6 Å². The van der Waals surface area contributed by atoms with Crippen LogP contribution < -0.4 is 10.2 Å². The quantitative estimate of drug-likeness (QED) is 0.382. The Morgan fingerprint density at radius 1 is 1.06 bits per heavy atom. The molecule has 3 aromatic rings. The van der Waals surface area contributed by atoms with Gasteiger partial charge in [0.15, 0.2) is 0 Å². The number of hydrogen-bond acceptors (Lipinski definition) is 3. The molecule has 1 aliphatic heterocycles. The molecule has 1 heterocycles. The summed E-state index contributed by atoms with van der Waals surface area (Å²) in [5.74, 6) is -1.04. The van der Waals surface area contributed by atoms with Gasteiger partial charge in [0.25, 0.3) is 11.8 Å². The van der Waals surface area contributed by atoms with Crippen molar-refractivity contribution in [2.75, 3.05) is 10.2 Å². The predicted octanol–water partition coefficient (Wildman–Crippen LogP) is 5.57. The third-order valence-electron chi connectivity index (χ3n) is 4.85. The third-order valence-corrected chi connectivity index (χ3v) is 5.60. The number of nitriles is 1. The van der Waals surface area contributed by atoms with Crippen molar-refractivity contribution in [3.8, 4) is 6.07 Å². The molecule has 5 nitrogen and oxygen atoms in total. The van der Waals surface area contributed by atoms with E-state index in [1.54, 1.807) is 41.3 Å². The van der Waals surface area contributed by atoms with Crippen LogP contribution in [0.15, 0.2) is 82.8 Å². The zero-order valence-corrected chi connectivity index (χ0v) is 18.4. The van der Waals surface area contributed by atoms with E-state index in [-0.39, 0.29) is 17.1 Å². The molecule has 152 valence electrons. The number of hydrogen-bond donors (Lipinski definition) is 1. The summed E-state index contributed by atoms with van der Waals surface area (Å²) >= 11 is 9.30. The molecule has 0 bridgehead atoms. The van der Waals surface area contributed by atoms with Crippen LogP contribution >= 0.6 is 27.5 Å². The fraction of sp³-hybridized carbons (Fsp3) is 0.0417. The first-order valence-corrected chi connectivity index (χ1v) is 10.5. The summed E-state index contributed by atoms with van der Waals surface area (Å²) in [6, 6.07) is 23.4. The molecule has 0 saturated carbocycles. The molecule has 2 amide bonds. The Balaban J connectivity index is 1.76. The molecule has 31 heavy (non-hydrogen) atoms. The lowest BCUT2D eigenvalue weighted by atomic mass is 10.0. The second-order valence-corrected chi connectivity index (χ2v) is 8.21. The van der Waals surface area contributed by atoms with Crippen LogP contribution in [-0.2, 0) is 16.1 Å². The number of anilines is 2. The highest BCUT2D eigenvalue weighted by Gasteiger charge is 2.36. The topological polar surface area (TPSA) is 73.2 Å². The molecule has 0 aromatic heterocycles. The van der Waals surface area contributed by atoms with Crippen molar-refractivity contribution in [1.82, 2.24) is 0 Å². The Labute approximate surface area is 192 Å². The van der Waals surface area contributed by atoms with Crippen LogP contribution in [-0.4, -0.2) is 11.8 Å². The van der Waals surface area contributed by atoms with Crippen molar-refractivity contribution in [3.63, 3.8) is 0 Å². The number of halogens is 2. The number of carbonyl (C=O) groups is 2. The summed E-state index contributed by atoms with van der Waals surface area (Å²) in [6.45, 7) is 0.329. The molecular weight excluding hydrogens is 478 g/mol. The molecule has 3 aromatic carbocycles. The monoisotopic (exact) mass is 491 g/mol. The zero-order chi connectivity index (χ0) is 22.0. The third kappa shape index (κ3) is 4.24. The average molecular weight is 493 g/mol. The molecule has 1 aliphatic rings. The van der Waals surface area contributed by atoms with Crippen molar-refractivity contribution in [3.05, 3.63) is 99.0 Å². The van der Waals surface area contributed by atoms with Crippen molar-refractivity contribution < 1.29 is 9.59 Å². The van der Waals surface area contributed by atoms with E-state index in [1.807, 2.05) is 42.5 Å². The maximum atomic E-state index is 13.4. The van der Waals surface area contributed by atoms with E-state index in [0.717, 1.165) is 10.0 Å². The first-order chi connectivity index (χ1) is 15.0. The van der Waals surface area contributed by atoms with Crippen molar-refractivity contribution in [2.45, 2.75) is 6.54 Å². The fourth-order valence-electron chi connectivity index (χ4n) is 3.42. The molecule has 0 radical (unpaired) electrons. The Morgan fingerprint density at radius 2 is 1.77 bits per heavy atom. The number of fused-ring (bicyclic) bond motifs is 1. The second kappa shape index (κ2) is 8.76. The van der Waals surface area contributed by atoms with Gasteiger partial charge in [0.2, 0.25) is 0 Å². The molecule has 7 heteroatoms. The van der Waals surface area contributed by atoms with Crippen LogP contribution in [0, 0.1) is 11.3 Å². The van der Waals surface area contributed by atoms with E-state index < -0.39 is 5.91 Å². The van der Waals surface area contributed by atoms with Gasteiger partial charge in [-0.25, -0.2) is 0 Å². The Kier molecular flexibility index (Phi) is 5.90. The van der Waals surface area contributed by atoms with Gasteiger partial charge in [-0.1, -0.05) is 57.9 Å². The van der Waals surface area contributed by atoms with Gasteiger partial charge in [-0.2, -0.15) is 5.26 Å². The average Bonchev–Trinajstić information content (AvgIpc) is 3.02. The molecule has 0 saturated heterocycles. The summed E-state index contributed by atoms with van der Waals surface area (Å²) in [7, 11) is 0. The van der Waals surface area contributed by atoms with Gasteiger partial charge in [0.1, 0.15) is 11.6 Å². The zero-order valence-electron chi connectivity index (χ0n) is 16.1. The maximum absolute atomic E-state index is 13.4. The lowest BCUT2D eigenvalue weighted by Gasteiger charge is -2.17. The van der Waals surface area contributed by atoms with Gasteiger partial charge in [0.05, 0.1) is 17.8 Å². The largest absolute Gasteiger partial charge is 0.321 e. The number of rotatable bonds is 4. The van der Waals surface area contributed by atoms with Gasteiger partial charge in [-0.15, -0.1) is 0 Å². The van der Waals surface area contributed by atoms with Crippen LogP contribution in [0.5, 0.6) is 0 Å². The van der Waals surface area contributed by atoms with Gasteiger partial charge in [-0.3, -0.25) is 9.59 Å². The summed E-state index contributed by atoms with van der Waals surface area (Å²) in [5.41, 5.74) is 2.45. The van der Waals surface area contributed by atoms with Gasteiger partial charge >= 0.3 is 0 Å². The van der Waals surface area contributed by atoms with E-state index in [1.165, 1.54) is 0 Å². The maximum Gasteiger partial charge on any atom is 0.267 e. The minimum Gasteiger partial charge on any atom is -0.321 e. The van der Waals surface area contributed by atoms with Crippen LogP contribution in [0.1, 0.15) is 11.1 Å². The molecule has 0 spiro atoms. The number of benzene rings is 3. The van der Waals surface area contributed by atoms with Gasteiger partial charge in [0, 0.05) is 20.7 Å². The highest BCUT2D eigenvalue weighted by atomic mass is 79.9. The highest BCUT2D eigenvalue weighted by molar-refractivity contribution is 9.10. The summed E-state index contributed by atoms with van der Waals surface area (Å²) < 4.78 is 0.744. The second-order valence-electron chi connectivity index (χ2n) is 6.86. The number of nitrogens with zero attached hydrogens (tertiary/aromatic N) is 2. The molecular formula is C24H15BrClN3O2. The van der Waals surface area contributed by atoms with Crippen LogP contribution in [0.3, 0.4) is 0 Å². The van der Waals surface area contributed by atoms with E-state index in [2.05, 4.69) is 21.2 Å². The van der Waals surface area contributed by atoms with Crippen LogP contribution in [0.2, 0.25) is 5.02 Å². The number of nitrogens with one attached hydrogen (secondary N) is 1. The van der Waals surface area contributed by atoms with E-state index >= 15 is 0 Å². The molecule has 0 unspecified atom stereocenters. The lowest BCUT2D eigenvalue weighted by Crippen LogP contribution is -2.27. The summed E-state index contributed by atoms with van der Waals surface area (Å²) in [4.78, 5) is 27.9. The fourth-order valence-corrected chi connectivity index (χ4v) is 3.90. The molecule has 0 atom stereocenters. The normalized spacial score (nSPS) is 14.1. The van der Waals surface area contributed by atoms with Crippen molar-refractivity contribution >= 4 is 56.3 Å². The van der Waals surface area contributed by atoms with Crippen molar-refractivity contribution in [2.24, 2.45) is 0 Å². The van der Waals surface area contributed by atoms with Gasteiger partial charge < -0.3 is 10.2 Å². The minimum absolute atomic E-state index is 0.0844. The highest BCUT2D eigenvalue weighted by Crippen LogP contribution is 2.41. The first-order valence-electron chi connectivity index (χ1n) is 9.35. The molecule has 0 aliphatic carbocycles. The summed E-state index contributed by atoms with van der Waals surface area (Å²) in [5, 5.41) is 13.0. The Morgan fingerprint density at radius 3 is 2.45 bits per heavy atom.